The molecule has 2 amide bonds. The molecule has 1 aliphatic heterocycles. The molecule has 1 aliphatic rings. The lowest BCUT2D eigenvalue weighted by atomic mass is 9.86. The molecule has 0 aliphatic carbocycles. The second kappa shape index (κ2) is 7.73. The van der Waals surface area contributed by atoms with Crippen molar-refractivity contribution in [2.24, 2.45) is 0 Å². The van der Waals surface area contributed by atoms with Crippen molar-refractivity contribution in [2.45, 2.75) is 31.1 Å². The van der Waals surface area contributed by atoms with E-state index in [1.165, 1.54) is 24.1 Å². The van der Waals surface area contributed by atoms with E-state index in [1.807, 2.05) is 13.0 Å². The number of nitrogens with zero attached hydrogens (tertiary/aromatic N) is 1. The summed E-state index contributed by atoms with van der Waals surface area (Å²) in [6, 6.07) is 9.82. The maximum absolute atomic E-state index is 12.7. The minimum Gasteiger partial charge on any atom is -0.495 e. The van der Waals surface area contributed by atoms with Crippen LogP contribution in [0.5, 0.6) is 5.75 Å². The molecule has 0 unspecified atom stereocenters. The monoisotopic (exact) mass is 431 g/mol. The van der Waals surface area contributed by atoms with Crippen LogP contribution in [-0.4, -0.2) is 40.9 Å². The third kappa shape index (κ3) is 3.90. The van der Waals surface area contributed by atoms with Crippen molar-refractivity contribution in [3.63, 3.8) is 0 Å². The maximum Gasteiger partial charge on any atom is 0.241 e. The molecule has 0 radical (unpaired) electrons. The number of hydrogen-bond donors (Lipinski definition) is 2. The van der Waals surface area contributed by atoms with E-state index in [2.05, 4.69) is 10.0 Å². The van der Waals surface area contributed by atoms with Crippen LogP contribution in [0.4, 0.5) is 11.4 Å². The Morgan fingerprint density at radius 2 is 1.87 bits per heavy atom. The molecule has 2 aromatic rings. The fourth-order valence-corrected chi connectivity index (χ4v) is 4.49. The first-order valence-corrected chi connectivity index (χ1v) is 10.8. The molecule has 2 aromatic carbocycles. The predicted molar refractivity (Wildman–Crippen MR) is 114 cm³/mol. The topological polar surface area (TPSA) is 105 Å². The molecular weight excluding hydrogens is 406 g/mol. The normalized spacial score (nSPS) is 15.1. The van der Waals surface area contributed by atoms with Gasteiger partial charge in [0.15, 0.2) is 0 Å². The van der Waals surface area contributed by atoms with E-state index in [-0.39, 0.29) is 10.8 Å². The van der Waals surface area contributed by atoms with Crippen molar-refractivity contribution < 1.29 is 22.7 Å². The molecule has 1 heterocycles. The van der Waals surface area contributed by atoms with Gasteiger partial charge in [-0.05, 0) is 62.2 Å². The van der Waals surface area contributed by atoms with Crippen LogP contribution < -0.4 is 19.7 Å². The molecule has 160 valence electrons. The number of carbonyl (C=O) groups is 2. The zero-order chi connectivity index (χ0) is 22.3. The van der Waals surface area contributed by atoms with Gasteiger partial charge in [-0.1, -0.05) is 6.07 Å². The van der Waals surface area contributed by atoms with E-state index >= 15 is 0 Å². The van der Waals surface area contributed by atoms with Crippen LogP contribution in [0, 0.1) is 6.92 Å². The van der Waals surface area contributed by atoms with Gasteiger partial charge in [0.2, 0.25) is 21.8 Å². The molecule has 0 atom stereocenters. The Morgan fingerprint density at radius 3 is 2.53 bits per heavy atom. The van der Waals surface area contributed by atoms with Gasteiger partial charge in [-0.15, -0.1) is 0 Å². The summed E-state index contributed by atoms with van der Waals surface area (Å²) in [6.45, 7) is 4.93. The first-order chi connectivity index (χ1) is 14.0. The summed E-state index contributed by atoms with van der Waals surface area (Å²) in [4.78, 5) is 26.2. The van der Waals surface area contributed by atoms with Gasteiger partial charge >= 0.3 is 0 Å². The molecule has 30 heavy (non-hydrogen) atoms. The molecule has 0 spiro atoms. The number of ether oxygens (including phenoxy) is 1. The average Bonchev–Trinajstić information content (AvgIpc) is 2.87. The zero-order valence-electron chi connectivity index (χ0n) is 17.6. The molecule has 0 saturated heterocycles. The van der Waals surface area contributed by atoms with E-state index in [0.29, 0.717) is 22.7 Å². The highest BCUT2D eigenvalue weighted by atomic mass is 32.2. The Morgan fingerprint density at radius 1 is 1.17 bits per heavy atom. The van der Waals surface area contributed by atoms with Crippen LogP contribution >= 0.6 is 0 Å². The van der Waals surface area contributed by atoms with E-state index in [9.17, 15) is 18.0 Å². The third-order valence-electron chi connectivity index (χ3n) is 5.20. The minimum absolute atomic E-state index is 0.00152. The highest BCUT2D eigenvalue weighted by molar-refractivity contribution is 7.89. The van der Waals surface area contributed by atoms with Crippen LogP contribution in [-0.2, 0) is 25.0 Å². The molecular formula is C21H25N3O5S. The lowest BCUT2D eigenvalue weighted by Crippen LogP contribution is -2.33. The van der Waals surface area contributed by atoms with Crippen molar-refractivity contribution >= 4 is 33.2 Å². The fourth-order valence-electron chi connectivity index (χ4n) is 3.48. The Labute approximate surface area is 176 Å². The lowest BCUT2D eigenvalue weighted by molar-refractivity contribution is -0.121. The second-order valence-corrected chi connectivity index (χ2v) is 9.51. The fraction of sp³-hybridized carbons (Fsp3) is 0.333. The highest BCUT2D eigenvalue weighted by Crippen LogP contribution is 2.41. The number of sulfonamides is 1. The summed E-state index contributed by atoms with van der Waals surface area (Å²) in [6.07, 6.45) is 0. The van der Waals surface area contributed by atoms with Crippen molar-refractivity contribution in [2.75, 3.05) is 30.9 Å². The van der Waals surface area contributed by atoms with Gasteiger partial charge < -0.3 is 15.0 Å². The number of benzene rings is 2. The van der Waals surface area contributed by atoms with Crippen LogP contribution in [0.2, 0.25) is 0 Å². The summed E-state index contributed by atoms with van der Waals surface area (Å²) in [7, 11) is -0.804. The molecule has 3 rings (SSSR count). The molecule has 0 saturated carbocycles. The Kier molecular flexibility index (Phi) is 5.62. The van der Waals surface area contributed by atoms with E-state index in [4.69, 9.17) is 4.74 Å². The number of hydrogen-bond acceptors (Lipinski definition) is 5. The summed E-state index contributed by atoms with van der Waals surface area (Å²) < 4.78 is 33.0. The van der Waals surface area contributed by atoms with Gasteiger partial charge in [0.05, 0.1) is 29.7 Å². The SMILES string of the molecule is COc1ccc(C)cc1NC(=O)CNS(=O)(=O)c1ccc2c(c1)C(C)(C)C(=O)N2C. The van der Waals surface area contributed by atoms with E-state index < -0.39 is 27.9 Å². The summed E-state index contributed by atoms with van der Waals surface area (Å²) in [5.41, 5.74) is 1.86. The molecule has 0 fully saturated rings. The molecule has 9 heteroatoms. The van der Waals surface area contributed by atoms with Gasteiger partial charge in [0.25, 0.3) is 0 Å². The first-order valence-electron chi connectivity index (χ1n) is 9.34. The molecule has 2 N–H and O–H groups in total. The van der Waals surface area contributed by atoms with Crippen LogP contribution in [0.1, 0.15) is 25.0 Å². The van der Waals surface area contributed by atoms with Gasteiger partial charge in [0, 0.05) is 12.7 Å². The predicted octanol–water partition coefficient (Wildman–Crippen LogP) is 2.17. The zero-order valence-corrected chi connectivity index (χ0v) is 18.4. The molecule has 0 bridgehead atoms. The number of fused-ring (bicyclic) bond motifs is 1. The number of nitrogens with one attached hydrogen (secondary N) is 2. The van der Waals surface area contributed by atoms with Crippen LogP contribution in [0.25, 0.3) is 0 Å². The number of amides is 2. The number of aryl methyl sites for hydroxylation is 1. The van der Waals surface area contributed by atoms with Gasteiger partial charge in [-0.2, -0.15) is 0 Å². The Balaban J connectivity index is 1.75. The molecule has 8 nitrogen and oxygen atoms in total. The number of rotatable bonds is 6. The summed E-state index contributed by atoms with van der Waals surface area (Å²) in [5.74, 6) is -0.156. The standard InChI is InChI=1S/C21H25N3O5S/c1-13-6-9-18(29-5)16(10-13)23-19(25)12-22-30(27,28)14-7-8-17-15(11-14)21(2,3)20(26)24(17)4/h6-11,22H,12H2,1-5H3,(H,23,25). The van der Waals surface area contributed by atoms with Crippen LogP contribution in [0.15, 0.2) is 41.3 Å². The van der Waals surface area contributed by atoms with E-state index in [1.54, 1.807) is 39.1 Å². The largest absolute Gasteiger partial charge is 0.495 e. The van der Waals surface area contributed by atoms with Crippen LogP contribution in [0.3, 0.4) is 0 Å². The highest BCUT2D eigenvalue weighted by Gasteiger charge is 2.42. The van der Waals surface area contributed by atoms with Gasteiger partial charge in [-0.3, -0.25) is 9.59 Å². The smallest absolute Gasteiger partial charge is 0.241 e. The minimum atomic E-state index is -3.95. The Hall–Kier alpha value is -2.91. The number of carbonyl (C=O) groups excluding carboxylic acids is 2. The summed E-state index contributed by atoms with van der Waals surface area (Å²) in [5, 5.41) is 2.65. The van der Waals surface area contributed by atoms with Gasteiger partial charge in [-0.25, -0.2) is 13.1 Å². The first kappa shape index (κ1) is 21.8. The van der Waals surface area contributed by atoms with Crippen molar-refractivity contribution in [3.05, 3.63) is 47.5 Å². The number of likely N-dealkylation sites (N-methyl/N-ethyl adjacent to an activating group) is 1. The van der Waals surface area contributed by atoms with E-state index in [0.717, 1.165) is 5.56 Å². The lowest BCUT2D eigenvalue weighted by Gasteiger charge is -2.17. The summed E-state index contributed by atoms with van der Waals surface area (Å²) >= 11 is 0. The second-order valence-electron chi connectivity index (χ2n) is 7.74. The average molecular weight is 432 g/mol. The number of methoxy groups -OCH3 is 1. The van der Waals surface area contributed by atoms with Crippen molar-refractivity contribution in [1.82, 2.24) is 4.72 Å². The maximum atomic E-state index is 12.7. The Bertz CT molecular complexity index is 1130. The van der Waals surface area contributed by atoms with Gasteiger partial charge in [0.1, 0.15) is 5.75 Å². The van der Waals surface area contributed by atoms with Crippen molar-refractivity contribution in [3.8, 4) is 5.75 Å². The van der Waals surface area contributed by atoms with Crippen molar-refractivity contribution in [1.29, 1.82) is 0 Å². The number of anilines is 2. The quantitative estimate of drug-likeness (QED) is 0.729. The third-order valence-corrected chi connectivity index (χ3v) is 6.60. The molecule has 0 aromatic heterocycles.